The molecule has 2 aromatic rings. The third-order valence-corrected chi connectivity index (χ3v) is 4.39. The standard InChI is InChI=1S/C16H17IN2/c17-13-8-6-12(7-9-13)11-19-10-2-3-14-15(18)4-1-5-16(14)19/h1,4-9H,2-3,10-11,18H2. The zero-order chi connectivity index (χ0) is 13.2. The minimum Gasteiger partial charge on any atom is -0.398 e. The number of nitrogens with two attached hydrogens (primary N) is 1. The highest BCUT2D eigenvalue weighted by molar-refractivity contribution is 14.1. The Kier molecular flexibility index (Phi) is 3.64. The van der Waals surface area contributed by atoms with Gasteiger partial charge in [0.05, 0.1) is 0 Å². The first-order chi connectivity index (χ1) is 9.24. The molecule has 2 nitrogen and oxygen atoms in total. The number of nitrogen functional groups attached to an aromatic ring is 1. The number of hydrogen-bond donors (Lipinski definition) is 1. The van der Waals surface area contributed by atoms with E-state index < -0.39 is 0 Å². The first kappa shape index (κ1) is 12.8. The SMILES string of the molecule is Nc1cccc2c1CCCN2Cc1ccc(I)cc1. The van der Waals surface area contributed by atoms with E-state index in [0.29, 0.717) is 0 Å². The number of fused-ring (bicyclic) bond motifs is 1. The lowest BCUT2D eigenvalue weighted by Gasteiger charge is -2.32. The maximum Gasteiger partial charge on any atom is 0.0429 e. The molecule has 0 saturated heterocycles. The maximum absolute atomic E-state index is 6.09. The Morgan fingerprint density at radius 2 is 1.89 bits per heavy atom. The molecule has 19 heavy (non-hydrogen) atoms. The molecule has 0 bridgehead atoms. The molecule has 0 aliphatic carbocycles. The second kappa shape index (κ2) is 5.41. The Hall–Kier alpha value is -1.23. The predicted octanol–water partition coefficient (Wildman–Crippen LogP) is 3.83. The lowest BCUT2D eigenvalue weighted by molar-refractivity contribution is 0.692. The van der Waals surface area contributed by atoms with Gasteiger partial charge in [0.15, 0.2) is 0 Å². The molecule has 1 aliphatic heterocycles. The molecule has 3 heteroatoms. The van der Waals surface area contributed by atoms with Crippen LogP contribution in [0.15, 0.2) is 42.5 Å². The second-order valence-electron chi connectivity index (χ2n) is 5.00. The number of halogens is 1. The predicted molar refractivity (Wildman–Crippen MR) is 89.4 cm³/mol. The van der Waals surface area contributed by atoms with Gasteiger partial charge in [-0.15, -0.1) is 0 Å². The Morgan fingerprint density at radius 3 is 2.68 bits per heavy atom. The average molecular weight is 364 g/mol. The Bertz CT molecular complexity index is 578. The lowest BCUT2D eigenvalue weighted by Crippen LogP contribution is -2.29. The van der Waals surface area contributed by atoms with Crippen LogP contribution in [0.2, 0.25) is 0 Å². The molecule has 1 aliphatic rings. The van der Waals surface area contributed by atoms with Crippen molar-refractivity contribution in [1.82, 2.24) is 0 Å². The van der Waals surface area contributed by atoms with E-state index >= 15 is 0 Å². The molecular formula is C16H17IN2. The van der Waals surface area contributed by atoms with E-state index in [0.717, 1.165) is 25.2 Å². The molecule has 0 aromatic heterocycles. The molecule has 2 N–H and O–H groups in total. The summed E-state index contributed by atoms with van der Waals surface area (Å²) in [6.07, 6.45) is 2.29. The lowest BCUT2D eigenvalue weighted by atomic mass is 9.99. The van der Waals surface area contributed by atoms with Gasteiger partial charge in [0, 0.05) is 28.0 Å². The van der Waals surface area contributed by atoms with Gasteiger partial charge in [-0.05, 0) is 70.8 Å². The van der Waals surface area contributed by atoms with Crippen molar-refractivity contribution in [2.75, 3.05) is 17.2 Å². The van der Waals surface area contributed by atoms with Crippen molar-refractivity contribution in [3.05, 3.63) is 57.2 Å². The molecule has 2 aromatic carbocycles. The largest absolute Gasteiger partial charge is 0.398 e. The van der Waals surface area contributed by atoms with Crippen molar-refractivity contribution in [3.63, 3.8) is 0 Å². The van der Waals surface area contributed by atoms with Crippen molar-refractivity contribution in [3.8, 4) is 0 Å². The van der Waals surface area contributed by atoms with Crippen LogP contribution >= 0.6 is 22.6 Å². The van der Waals surface area contributed by atoms with Gasteiger partial charge in [0.1, 0.15) is 0 Å². The number of rotatable bonds is 2. The Balaban J connectivity index is 1.88. The van der Waals surface area contributed by atoms with Crippen molar-refractivity contribution in [1.29, 1.82) is 0 Å². The van der Waals surface area contributed by atoms with Gasteiger partial charge < -0.3 is 10.6 Å². The molecular weight excluding hydrogens is 347 g/mol. The highest BCUT2D eigenvalue weighted by Gasteiger charge is 2.18. The summed E-state index contributed by atoms with van der Waals surface area (Å²) in [4.78, 5) is 2.44. The molecule has 0 amide bonds. The summed E-state index contributed by atoms with van der Waals surface area (Å²) in [6.45, 7) is 2.08. The molecule has 0 saturated carbocycles. The molecule has 0 atom stereocenters. The van der Waals surface area contributed by atoms with Crippen LogP contribution in [-0.4, -0.2) is 6.54 Å². The van der Waals surface area contributed by atoms with E-state index in [1.807, 2.05) is 6.07 Å². The van der Waals surface area contributed by atoms with E-state index in [-0.39, 0.29) is 0 Å². The minimum absolute atomic E-state index is 0.935. The van der Waals surface area contributed by atoms with E-state index in [2.05, 4.69) is 63.9 Å². The molecule has 0 radical (unpaired) electrons. The summed E-state index contributed by atoms with van der Waals surface area (Å²) in [5, 5.41) is 0. The smallest absolute Gasteiger partial charge is 0.0429 e. The second-order valence-corrected chi connectivity index (χ2v) is 6.24. The Morgan fingerprint density at radius 1 is 1.11 bits per heavy atom. The van der Waals surface area contributed by atoms with Gasteiger partial charge in [-0.3, -0.25) is 0 Å². The monoisotopic (exact) mass is 364 g/mol. The zero-order valence-corrected chi connectivity index (χ0v) is 12.9. The topological polar surface area (TPSA) is 29.3 Å². The van der Waals surface area contributed by atoms with E-state index in [1.165, 1.54) is 26.8 Å². The first-order valence-corrected chi connectivity index (χ1v) is 7.68. The van der Waals surface area contributed by atoms with Crippen molar-refractivity contribution < 1.29 is 0 Å². The van der Waals surface area contributed by atoms with Gasteiger partial charge >= 0.3 is 0 Å². The van der Waals surface area contributed by atoms with Crippen LogP contribution in [0.1, 0.15) is 17.5 Å². The van der Waals surface area contributed by atoms with E-state index in [4.69, 9.17) is 5.73 Å². The van der Waals surface area contributed by atoms with Crippen LogP contribution in [0.5, 0.6) is 0 Å². The summed E-state index contributed by atoms with van der Waals surface area (Å²) in [5.41, 5.74) is 11.0. The molecule has 0 fully saturated rings. The van der Waals surface area contributed by atoms with Gasteiger partial charge in [-0.2, -0.15) is 0 Å². The normalized spacial score (nSPS) is 14.3. The maximum atomic E-state index is 6.09. The number of anilines is 2. The first-order valence-electron chi connectivity index (χ1n) is 6.61. The number of hydrogen-bond acceptors (Lipinski definition) is 2. The minimum atomic E-state index is 0.935. The van der Waals surface area contributed by atoms with Crippen LogP contribution < -0.4 is 10.6 Å². The summed E-state index contributed by atoms with van der Waals surface area (Å²) < 4.78 is 1.28. The van der Waals surface area contributed by atoms with Crippen LogP contribution in [0.4, 0.5) is 11.4 Å². The molecule has 0 spiro atoms. The van der Waals surface area contributed by atoms with Gasteiger partial charge in [-0.1, -0.05) is 18.2 Å². The highest BCUT2D eigenvalue weighted by atomic mass is 127. The fourth-order valence-electron chi connectivity index (χ4n) is 2.70. The van der Waals surface area contributed by atoms with Crippen LogP contribution in [0, 0.1) is 3.57 Å². The fourth-order valence-corrected chi connectivity index (χ4v) is 3.06. The molecule has 98 valence electrons. The van der Waals surface area contributed by atoms with Gasteiger partial charge in [0.25, 0.3) is 0 Å². The number of benzene rings is 2. The van der Waals surface area contributed by atoms with Gasteiger partial charge in [-0.25, -0.2) is 0 Å². The summed E-state index contributed by atoms with van der Waals surface area (Å²) >= 11 is 2.34. The summed E-state index contributed by atoms with van der Waals surface area (Å²) in [7, 11) is 0. The van der Waals surface area contributed by atoms with E-state index in [9.17, 15) is 0 Å². The molecule has 3 rings (SSSR count). The third kappa shape index (κ3) is 2.71. The van der Waals surface area contributed by atoms with Crippen LogP contribution in [0.3, 0.4) is 0 Å². The van der Waals surface area contributed by atoms with Crippen molar-refractivity contribution in [2.24, 2.45) is 0 Å². The third-order valence-electron chi connectivity index (χ3n) is 3.67. The average Bonchev–Trinajstić information content (AvgIpc) is 2.43. The fraction of sp³-hybridized carbons (Fsp3) is 0.250. The number of nitrogens with zero attached hydrogens (tertiary/aromatic N) is 1. The van der Waals surface area contributed by atoms with Gasteiger partial charge in [0.2, 0.25) is 0 Å². The molecule has 0 unspecified atom stereocenters. The quantitative estimate of drug-likeness (QED) is 0.648. The van der Waals surface area contributed by atoms with E-state index in [1.54, 1.807) is 0 Å². The van der Waals surface area contributed by atoms with Crippen LogP contribution in [0.25, 0.3) is 0 Å². The van der Waals surface area contributed by atoms with Crippen LogP contribution in [-0.2, 0) is 13.0 Å². The molecule has 1 heterocycles. The summed E-state index contributed by atoms with van der Waals surface area (Å²) in [5.74, 6) is 0. The van der Waals surface area contributed by atoms with Crippen molar-refractivity contribution >= 4 is 34.0 Å². The van der Waals surface area contributed by atoms with Crippen molar-refractivity contribution in [2.45, 2.75) is 19.4 Å². The Labute approximate surface area is 127 Å². The zero-order valence-electron chi connectivity index (χ0n) is 10.8. The highest BCUT2D eigenvalue weighted by Crippen LogP contribution is 2.32. The summed E-state index contributed by atoms with van der Waals surface area (Å²) in [6, 6.07) is 15.0.